The van der Waals surface area contributed by atoms with Gasteiger partial charge in [0.1, 0.15) is 0 Å². The van der Waals surface area contributed by atoms with E-state index in [9.17, 15) is 0 Å². The van der Waals surface area contributed by atoms with Crippen molar-refractivity contribution in [3.63, 3.8) is 0 Å². The van der Waals surface area contributed by atoms with Gasteiger partial charge in [0, 0.05) is 13.2 Å². The first-order chi connectivity index (χ1) is 8.22. The molecule has 1 aromatic rings. The smallest absolute Gasteiger partial charge is 0.0717 e. The minimum absolute atomic E-state index is 0.604. The van der Waals surface area contributed by atoms with Crippen LogP contribution in [0.2, 0.25) is 0 Å². The molecule has 0 aromatic heterocycles. The number of rotatable bonds is 8. The van der Waals surface area contributed by atoms with E-state index in [-0.39, 0.29) is 0 Å². The summed E-state index contributed by atoms with van der Waals surface area (Å²) in [5.74, 6) is 0.604. The molecule has 0 amide bonds. The molecule has 1 aromatic carbocycles. The fraction of sp³-hybridized carbons (Fsp3) is 0.600. The first-order valence-corrected chi connectivity index (χ1v) is 6.58. The van der Waals surface area contributed by atoms with Gasteiger partial charge in [-0.15, -0.1) is 0 Å². The van der Waals surface area contributed by atoms with E-state index in [1.54, 1.807) is 0 Å². The molecule has 2 heteroatoms. The van der Waals surface area contributed by atoms with Gasteiger partial charge in [-0.3, -0.25) is 0 Å². The monoisotopic (exact) mass is 235 g/mol. The van der Waals surface area contributed by atoms with Gasteiger partial charge in [0.2, 0.25) is 0 Å². The molecule has 0 saturated heterocycles. The lowest BCUT2D eigenvalue weighted by Crippen LogP contribution is -2.13. The lowest BCUT2D eigenvalue weighted by Gasteiger charge is -2.08. The normalized spacial score (nSPS) is 11.1. The van der Waals surface area contributed by atoms with Crippen LogP contribution in [0.25, 0.3) is 0 Å². The van der Waals surface area contributed by atoms with Crippen molar-refractivity contribution in [2.75, 3.05) is 13.2 Å². The van der Waals surface area contributed by atoms with Gasteiger partial charge in [-0.25, -0.2) is 0 Å². The zero-order valence-electron chi connectivity index (χ0n) is 11.3. The summed E-state index contributed by atoms with van der Waals surface area (Å²) in [6.45, 7) is 10.1. The van der Waals surface area contributed by atoms with Crippen LogP contribution in [0.3, 0.4) is 0 Å². The second-order valence-corrected chi connectivity index (χ2v) is 4.90. The molecule has 0 spiro atoms. The maximum absolute atomic E-state index is 5.60. The molecular formula is C15H25NO. The van der Waals surface area contributed by atoms with Crippen molar-refractivity contribution in [1.82, 2.24) is 5.32 Å². The third kappa shape index (κ3) is 6.44. The molecule has 1 rings (SSSR count). The maximum atomic E-state index is 5.60. The highest BCUT2D eigenvalue weighted by atomic mass is 16.5. The van der Waals surface area contributed by atoms with Gasteiger partial charge in [0.15, 0.2) is 0 Å². The van der Waals surface area contributed by atoms with Crippen LogP contribution < -0.4 is 5.32 Å². The first kappa shape index (κ1) is 14.2. The second kappa shape index (κ2) is 8.26. The Hall–Kier alpha value is -0.860. The van der Waals surface area contributed by atoms with Crippen molar-refractivity contribution in [2.45, 2.75) is 40.3 Å². The SMILES string of the molecule is CCCNCc1ccc(COCC(C)C)cc1. The highest BCUT2D eigenvalue weighted by Gasteiger charge is 1.97. The second-order valence-electron chi connectivity index (χ2n) is 4.90. The Labute approximate surface area is 105 Å². The summed E-state index contributed by atoms with van der Waals surface area (Å²) >= 11 is 0. The van der Waals surface area contributed by atoms with Crippen LogP contribution in [-0.4, -0.2) is 13.2 Å². The van der Waals surface area contributed by atoms with E-state index in [1.807, 2.05) is 0 Å². The minimum atomic E-state index is 0.604. The van der Waals surface area contributed by atoms with Crippen molar-refractivity contribution in [1.29, 1.82) is 0 Å². The Morgan fingerprint density at radius 3 is 2.35 bits per heavy atom. The van der Waals surface area contributed by atoms with E-state index < -0.39 is 0 Å². The van der Waals surface area contributed by atoms with Crippen LogP contribution in [0.4, 0.5) is 0 Å². The fourth-order valence-electron chi connectivity index (χ4n) is 1.58. The molecule has 0 aliphatic carbocycles. The van der Waals surface area contributed by atoms with Crippen molar-refractivity contribution < 1.29 is 4.74 Å². The van der Waals surface area contributed by atoms with E-state index in [0.29, 0.717) is 5.92 Å². The molecular weight excluding hydrogens is 210 g/mol. The summed E-state index contributed by atoms with van der Waals surface area (Å²) in [4.78, 5) is 0. The highest BCUT2D eigenvalue weighted by Crippen LogP contribution is 2.06. The maximum Gasteiger partial charge on any atom is 0.0717 e. The number of benzene rings is 1. The van der Waals surface area contributed by atoms with E-state index in [4.69, 9.17) is 4.74 Å². The molecule has 0 saturated carbocycles. The summed E-state index contributed by atoms with van der Waals surface area (Å²) in [5.41, 5.74) is 2.59. The van der Waals surface area contributed by atoms with Crippen molar-refractivity contribution in [3.8, 4) is 0 Å². The molecule has 1 N–H and O–H groups in total. The molecule has 17 heavy (non-hydrogen) atoms. The molecule has 2 nitrogen and oxygen atoms in total. The van der Waals surface area contributed by atoms with E-state index in [2.05, 4.69) is 50.4 Å². The van der Waals surface area contributed by atoms with Crippen LogP contribution in [0.5, 0.6) is 0 Å². The lowest BCUT2D eigenvalue weighted by atomic mass is 10.1. The predicted octanol–water partition coefficient (Wildman–Crippen LogP) is 3.36. The molecule has 0 atom stereocenters. The van der Waals surface area contributed by atoms with E-state index in [0.717, 1.165) is 26.3 Å². The van der Waals surface area contributed by atoms with E-state index >= 15 is 0 Å². The van der Waals surface area contributed by atoms with Crippen molar-refractivity contribution >= 4 is 0 Å². The molecule has 0 fully saturated rings. The average molecular weight is 235 g/mol. The Kier molecular flexibility index (Phi) is 6.90. The van der Waals surface area contributed by atoms with Crippen LogP contribution in [0.1, 0.15) is 38.3 Å². The first-order valence-electron chi connectivity index (χ1n) is 6.58. The topological polar surface area (TPSA) is 21.3 Å². The Bertz CT molecular complexity index is 292. The van der Waals surface area contributed by atoms with Gasteiger partial charge in [-0.05, 0) is 30.0 Å². The number of hydrogen-bond donors (Lipinski definition) is 1. The molecule has 0 unspecified atom stereocenters. The van der Waals surface area contributed by atoms with E-state index in [1.165, 1.54) is 17.5 Å². The Balaban J connectivity index is 2.29. The van der Waals surface area contributed by atoms with Gasteiger partial charge in [-0.2, -0.15) is 0 Å². The Morgan fingerprint density at radius 2 is 1.76 bits per heavy atom. The zero-order valence-corrected chi connectivity index (χ0v) is 11.3. The number of nitrogens with one attached hydrogen (secondary N) is 1. The fourth-order valence-corrected chi connectivity index (χ4v) is 1.58. The number of ether oxygens (including phenoxy) is 1. The molecule has 0 aliphatic heterocycles. The quantitative estimate of drug-likeness (QED) is 0.698. The van der Waals surface area contributed by atoms with Gasteiger partial charge in [0.05, 0.1) is 6.61 Å². The Morgan fingerprint density at radius 1 is 1.12 bits per heavy atom. The summed E-state index contributed by atoms with van der Waals surface area (Å²) in [6, 6.07) is 8.67. The van der Waals surface area contributed by atoms with Crippen LogP contribution in [0.15, 0.2) is 24.3 Å². The zero-order chi connectivity index (χ0) is 12.5. The van der Waals surface area contributed by atoms with Crippen LogP contribution >= 0.6 is 0 Å². The standard InChI is InChI=1S/C15H25NO/c1-4-9-16-10-14-5-7-15(8-6-14)12-17-11-13(2)3/h5-8,13,16H,4,9-12H2,1-3H3. The summed E-state index contributed by atoms with van der Waals surface area (Å²) < 4.78 is 5.60. The number of hydrogen-bond acceptors (Lipinski definition) is 2. The summed E-state index contributed by atoms with van der Waals surface area (Å²) in [5, 5.41) is 3.40. The minimum Gasteiger partial charge on any atom is -0.377 e. The molecule has 0 aliphatic rings. The van der Waals surface area contributed by atoms with Crippen molar-refractivity contribution in [3.05, 3.63) is 35.4 Å². The third-order valence-corrected chi connectivity index (χ3v) is 2.50. The largest absolute Gasteiger partial charge is 0.377 e. The average Bonchev–Trinajstić information content (AvgIpc) is 2.31. The highest BCUT2D eigenvalue weighted by molar-refractivity contribution is 5.21. The predicted molar refractivity (Wildman–Crippen MR) is 72.9 cm³/mol. The van der Waals surface area contributed by atoms with Gasteiger partial charge in [-0.1, -0.05) is 45.0 Å². The summed E-state index contributed by atoms with van der Waals surface area (Å²) in [7, 11) is 0. The molecule has 0 bridgehead atoms. The molecule has 0 radical (unpaired) electrons. The molecule has 0 heterocycles. The third-order valence-electron chi connectivity index (χ3n) is 2.50. The van der Waals surface area contributed by atoms with Crippen molar-refractivity contribution in [2.24, 2.45) is 5.92 Å². The lowest BCUT2D eigenvalue weighted by molar-refractivity contribution is 0.0971. The van der Waals surface area contributed by atoms with Gasteiger partial charge in [0.25, 0.3) is 0 Å². The van der Waals surface area contributed by atoms with Gasteiger partial charge < -0.3 is 10.1 Å². The summed E-state index contributed by atoms with van der Waals surface area (Å²) in [6.07, 6.45) is 1.18. The molecule has 96 valence electrons. The van der Waals surface area contributed by atoms with Crippen LogP contribution in [0, 0.1) is 5.92 Å². The van der Waals surface area contributed by atoms with Gasteiger partial charge >= 0.3 is 0 Å². The van der Waals surface area contributed by atoms with Crippen LogP contribution in [-0.2, 0) is 17.9 Å².